The van der Waals surface area contributed by atoms with E-state index in [2.05, 4.69) is 20.4 Å². The number of benzene rings is 2. The first-order valence-electron chi connectivity index (χ1n) is 9.12. The fourth-order valence-electron chi connectivity index (χ4n) is 2.56. The van der Waals surface area contributed by atoms with E-state index in [0.717, 1.165) is 11.1 Å². The topological polar surface area (TPSA) is 72.0 Å². The number of halogens is 4. The Kier molecular flexibility index (Phi) is 10.6. The van der Waals surface area contributed by atoms with E-state index in [1.165, 1.54) is 7.11 Å². The number of guanidine groups is 1. The lowest BCUT2D eigenvalue weighted by atomic mass is 10.1. The second-order valence-corrected chi connectivity index (χ2v) is 6.48. The maximum atomic E-state index is 12.5. The summed E-state index contributed by atoms with van der Waals surface area (Å²) < 4.78 is 47.1. The SMILES string of the molecule is CN=C(NCc1ccc(C(=O)OC)cc1)NCc1ccc(C)cc1OCC(F)(F)F.I. The predicted octanol–water partition coefficient (Wildman–Crippen LogP) is 4.21. The molecule has 0 saturated carbocycles. The molecule has 2 aromatic carbocycles. The van der Waals surface area contributed by atoms with Crippen LogP contribution in [0.4, 0.5) is 13.2 Å². The molecule has 0 bridgehead atoms. The lowest BCUT2D eigenvalue weighted by Gasteiger charge is -2.16. The minimum atomic E-state index is -4.41. The maximum Gasteiger partial charge on any atom is 0.422 e. The fraction of sp³-hybridized carbons (Fsp3) is 0.333. The number of nitrogens with zero attached hydrogens (tertiary/aromatic N) is 1. The van der Waals surface area contributed by atoms with E-state index in [1.807, 2.05) is 0 Å². The van der Waals surface area contributed by atoms with E-state index in [9.17, 15) is 18.0 Å². The van der Waals surface area contributed by atoms with Gasteiger partial charge in [-0.25, -0.2) is 4.79 Å². The Bertz CT molecular complexity index is 888. The van der Waals surface area contributed by atoms with Gasteiger partial charge in [0.05, 0.1) is 12.7 Å². The van der Waals surface area contributed by atoms with Gasteiger partial charge in [-0.05, 0) is 36.2 Å². The molecule has 6 nitrogen and oxygen atoms in total. The van der Waals surface area contributed by atoms with E-state index in [-0.39, 0.29) is 36.3 Å². The zero-order valence-corrected chi connectivity index (χ0v) is 19.7. The van der Waals surface area contributed by atoms with Crippen molar-refractivity contribution in [2.45, 2.75) is 26.2 Å². The first-order chi connectivity index (χ1) is 14.2. The molecular formula is C21H25F3IN3O3. The fourth-order valence-corrected chi connectivity index (χ4v) is 2.56. The molecular weight excluding hydrogens is 526 g/mol. The molecule has 0 saturated heterocycles. The van der Waals surface area contributed by atoms with E-state index in [1.54, 1.807) is 56.4 Å². The summed E-state index contributed by atoms with van der Waals surface area (Å²) in [5.41, 5.74) is 2.74. The first kappa shape index (κ1) is 26.5. The van der Waals surface area contributed by atoms with Crippen LogP contribution in [0.1, 0.15) is 27.0 Å². The zero-order valence-electron chi connectivity index (χ0n) is 17.4. The minimum absolute atomic E-state index is 0. The van der Waals surface area contributed by atoms with Gasteiger partial charge < -0.3 is 20.1 Å². The van der Waals surface area contributed by atoms with Crippen molar-refractivity contribution < 1.29 is 27.4 Å². The summed E-state index contributed by atoms with van der Waals surface area (Å²) in [5, 5.41) is 6.16. The molecule has 0 aromatic heterocycles. The van der Waals surface area contributed by atoms with Crippen LogP contribution in [0.15, 0.2) is 47.5 Å². The van der Waals surface area contributed by atoms with Gasteiger partial charge in [0.1, 0.15) is 5.75 Å². The minimum Gasteiger partial charge on any atom is -0.484 e. The van der Waals surface area contributed by atoms with Crippen LogP contribution in [0.3, 0.4) is 0 Å². The Morgan fingerprint density at radius 1 is 1.06 bits per heavy atom. The number of aliphatic imine (C=N–C) groups is 1. The Labute approximate surface area is 196 Å². The van der Waals surface area contributed by atoms with Crippen molar-refractivity contribution in [2.75, 3.05) is 20.8 Å². The number of carbonyl (C=O) groups excluding carboxylic acids is 1. The van der Waals surface area contributed by atoms with Gasteiger partial charge in [0, 0.05) is 25.7 Å². The molecule has 0 aliphatic heterocycles. The summed E-state index contributed by atoms with van der Waals surface area (Å²) in [6.45, 7) is 1.10. The molecule has 0 atom stereocenters. The van der Waals surface area contributed by atoms with Crippen molar-refractivity contribution in [2.24, 2.45) is 4.99 Å². The molecule has 2 rings (SSSR count). The van der Waals surface area contributed by atoms with Crippen molar-refractivity contribution in [3.05, 3.63) is 64.7 Å². The summed E-state index contributed by atoms with van der Waals surface area (Å²) >= 11 is 0. The van der Waals surface area contributed by atoms with Crippen LogP contribution in [0.5, 0.6) is 5.75 Å². The molecule has 0 unspecified atom stereocenters. The third kappa shape index (κ3) is 9.03. The van der Waals surface area contributed by atoms with Crippen LogP contribution in [0.2, 0.25) is 0 Å². The third-order valence-electron chi connectivity index (χ3n) is 4.12. The molecule has 0 aliphatic carbocycles. The molecule has 0 amide bonds. The average Bonchev–Trinajstić information content (AvgIpc) is 2.72. The largest absolute Gasteiger partial charge is 0.484 e. The third-order valence-corrected chi connectivity index (χ3v) is 4.12. The van der Waals surface area contributed by atoms with Crippen molar-refractivity contribution in [1.29, 1.82) is 0 Å². The van der Waals surface area contributed by atoms with E-state index < -0.39 is 18.8 Å². The second kappa shape index (κ2) is 12.4. The van der Waals surface area contributed by atoms with Crippen LogP contribution in [-0.2, 0) is 17.8 Å². The Morgan fingerprint density at radius 3 is 2.29 bits per heavy atom. The highest BCUT2D eigenvalue weighted by molar-refractivity contribution is 14.0. The summed E-state index contributed by atoms with van der Waals surface area (Å²) in [6, 6.07) is 12.0. The monoisotopic (exact) mass is 551 g/mol. The van der Waals surface area contributed by atoms with Crippen LogP contribution in [0, 0.1) is 6.92 Å². The van der Waals surface area contributed by atoms with Gasteiger partial charge in [0.25, 0.3) is 0 Å². The highest BCUT2D eigenvalue weighted by Crippen LogP contribution is 2.23. The second-order valence-electron chi connectivity index (χ2n) is 6.48. The zero-order chi connectivity index (χ0) is 22.1. The molecule has 0 fully saturated rings. The van der Waals surface area contributed by atoms with Crippen molar-refractivity contribution >= 4 is 35.9 Å². The smallest absolute Gasteiger partial charge is 0.422 e. The molecule has 0 radical (unpaired) electrons. The number of hydrogen-bond donors (Lipinski definition) is 2. The summed E-state index contributed by atoms with van der Waals surface area (Å²) in [4.78, 5) is 15.6. The highest BCUT2D eigenvalue weighted by Gasteiger charge is 2.28. The number of hydrogen-bond acceptors (Lipinski definition) is 4. The van der Waals surface area contributed by atoms with Gasteiger partial charge in [-0.3, -0.25) is 4.99 Å². The predicted molar refractivity (Wildman–Crippen MR) is 123 cm³/mol. The Balaban J connectivity index is 0.00000480. The average molecular weight is 551 g/mol. The standard InChI is InChI=1S/C21H24F3N3O3.HI/c1-14-4-7-17(18(10-14)30-13-21(22,23)24)12-27-20(25-2)26-11-15-5-8-16(9-6-15)19(28)29-3;/h4-10H,11-13H2,1-3H3,(H2,25,26,27);1H. The van der Waals surface area contributed by atoms with Gasteiger partial charge in [0.15, 0.2) is 12.6 Å². The number of alkyl halides is 3. The number of aryl methyl sites for hydroxylation is 1. The Morgan fingerprint density at radius 2 is 1.71 bits per heavy atom. The molecule has 2 aromatic rings. The molecule has 31 heavy (non-hydrogen) atoms. The Hall–Kier alpha value is -2.50. The number of methoxy groups -OCH3 is 1. The lowest BCUT2D eigenvalue weighted by Crippen LogP contribution is -2.36. The number of carbonyl (C=O) groups is 1. The van der Waals surface area contributed by atoms with Gasteiger partial charge in [-0.1, -0.05) is 24.3 Å². The first-order valence-corrected chi connectivity index (χ1v) is 9.12. The van der Waals surface area contributed by atoms with Gasteiger partial charge >= 0.3 is 12.1 Å². The summed E-state index contributed by atoms with van der Waals surface area (Å²) in [5.74, 6) is 0.233. The maximum absolute atomic E-state index is 12.5. The molecule has 0 heterocycles. The number of rotatable bonds is 7. The van der Waals surface area contributed by atoms with Crippen molar-refractivity contribution in [1.82, 2.24) is 10.6 Å². The number of esters is 1. The number of nitrogens with one attached hydrogen (secondary N) is 2. The van der Waals surface area contributed by atoms with Gasteiger partial charge in [0.2, 0.25) is 0 Å². The van der Waals surface area contributed by atoms with Crippen LogP contribution in [0.25, 0.3) is 0 Å². The van der Waals surface area contributed by atoms with Crippen LogP contribution >= 0.6 is 24.0 Å². The van der Waals surface area contributed by atoms with Gasteiger partial charge in [-0.2, -0.15) is 13.2 Å². The van der Waals surface area contributed by atoms with E-state index >= 15 is 0 Å². The number of ether oxygens (including phenoxy) is 2. The van der Waals surface area contributed by atoms with Gasteiger partial charge in [-0.15, -0.1) is 24.0 Å². The molecule has 2 N–H and O–H groups in total. The molecule has 0 aliphatic rings. The molecule has 0 spiro atoms. The van der Waals surface area contributed by atoms with E-state index in [0.29, 0.717) is 23.6 Å². The van der Waals surface area contributed by atoms with Crippen molar-refractivity contribution in [3.8, 4) is 5.75 Å². The lowest BCUT2D eigenvalue weighted by molar-refractivity contribution is -0.153. The van der Waals surface area contributed by atoms with Crippen LogP contribution < -0.4 is 15.4 Å². The summed E-state index contributed by atoms with van der Waals surface area (Å²) in [7, 11) is 2.91. The van der Waals surface area contributed by atoms with E-state index in [4.69, 9.17) is 4.74 Å². The quantitative estimate of drug-likeness (QED) is 0.234. The summed E-state index contributed by atoms with van der Waals surface area (Å²) in [6.07, 6.45) is -4.41. The normalized spacial score (nSPS) is 11.4. The van der Waals surface area contributed by atoms with Crippen molar-refractivity contribution in [3.63, 3.8) is 0 Å². The molecule has 10 heteroatoms. The highest BCUT2D eigenvalue weighted by atomic mass is 127. The van der Waals surface area contributed by atoms with Crippen LogP contribution in [-0.4, -0.2) is 38.9 Å². The molecule has 170 valence electrons.